The largest absolute Gasteiger partial charge is 0.480 e. The Kier molecular flexibility index (Phi) is 3.84. The molecule has 0 fully saturated rings. The van der Waals surface area contributed by atoms with E-state index in [1.54, 1.807) is 39.1 Å². The standard InChI is InChI=1S/C14H17N3O4/c1-7(2)11(13(19)20)16-12(18)8-4-5-9-10(6-8)17(3)14(21)15-9/h4-7,11H,1-3H3,(H,15,21)(H,16,18)(H,19,20)/t11-/m1/s1. The van der Waals surface area contributed by atoms with Gasteiger partial charge >= 0.3 is 11.7 Å². The van der Waals surface area contributed by atoms with E-state index in [4.69, 9.17) is 5.11 Å². The third-order valence-electron chi connectivity index (χ3n) is 3.39. The van der Waals surface area contributed by atoms with E-state index in [9.17, 15) is 14.4 Å². The molecule has 0 saturated carbocycles. The van der Waals surface area contributed by atoms with Crippen molar-refractivity contribution in [1.82, 2.24) is 14.9 Å². The average Bonchev–Trinajstić information content (AvgIpc) is 2.70. The van der Waals surface area contributed by atoms with Gasteiger partial charge in [0.25, 0.3) is 5.91 Å². The topological polar surface area (TPSA) is 104 Å². The van der Waals surface area contributed by atoms with Crippen LogP contribution >= 0.6 is 0 Å². The minimum Gasteiger partial charge on any atom is -0.480 e. The third-order valence-corrected chi connectivity index (χ3v) is 3.39. The lowest BCUT2D eigenvalue weighted by atomic mass is 10.0. The van der Waals surface area contributed by atoms with Crippen molar-refractivity contribution in [2.24, 2.45) is 13.0 Å². The lowest BCUT2D eigenvalue weighted by Gasteiger charge is -2.17. The Morgan fingerprint density at radius 2 is 2.00 bits per heavy atom. The highest BCUT2D eigenvalue weighted by molar-refractivity contribution is 5.99. The number of amides is 1. The molecule has 0 saturated heterocycles. The number of carboxylic acids is 1. The molecule has 112 valence electrons. The normalized spacial score (nSPS) is 12.6. The van der Waals surface area contributed by atoms with Crippen LogP contribution in [0.2, 0.25) is 0 Å². The number of H-pyrrole nitrogens is 1. The Labute approximate surface area is 120 Å². The van der Waals surface area contributed by atoms with Crippen molar-refractivity contribution in [3.05, 3.63) is 34.2 Å². The van der Waals surface area contributed by atoms with Crippen LogP contribution in [0.5, 0.6) is 0 Å². The summed E-state index contributed by atoms with van der Waals surface area (Å²) in [6, 6.07) is 3.77. The molecule has 1 heterocycles. The first-order valence-electron chi connectivity index (χ1n) is 6.53. The zero-order valence-corrected chi connectivity index (χ0v) is 12.0. The van der Waals surface area contributed by atoms with E-state index in [1.807, 2.05) is 0 Å². The van der Waals surface area contributed by atoms with Crippen LogP contribution in [0.1, 0.15) is 24.2 Å². The van der Waals surface area contributed by atoms with Gasteiger partial charge in [0.05, 0.1) is 11.0 Å². The monoisotopic (exact) mass is 291 g/mol. The van der Waals surface area contributed by atoms with Gasteiger partial charge in [-0.2, -0.15) is 0 Å². The molecule has 1 atom stereocenters. The number of nitrogens with one attached hydrogen (secondary N) is 2. The Balaban J connectivity index is 2.33. The van der Waals surface area contributed by atoms with Gasteiger partial charge in [0.2, 0.25) is 0 Å². The zero-order chi connectivity index (χ0) is 15.7. The van der Waals surface area contributed by atoms with Gasteiger partial charge in [0.15, 0.2) is 0 Å². The number of hydrogen-bond acceptors (Lipinski definition) is 3. The summed E-state index contributed by atoms with van der Waals surface area (Å²) in [7, 11) is 1.59. The van der Waals surface area contributed by atoms with Crippen LogP contribution in [0.15, 0.2) is 23.0 Å². The maximum absolute atomic E-state index is 12.2. The summed E-state index contributed by atoms with van der Waals surface area (Å²) in [5.74, 6) is -1.79. The van der Waals surface area contributed by atoms with Crippen molar-refractivity contribution in [3.8, 4) is 0 Å². The van der Waals surface area contributed by atoms with Crippen molar-refractivity contribution in [3.63, 3.8) is 0 Å². The Hall–Kier alpha value is -2.57. The minimum absolute atomic E-state index is 0.230. The van der Waals surface area contributed by atoms with E-state index in [0.29, 0.717) is 16.6 Å². The van der Waals surface area contributed by atoms with Crippen LogP contribution in [-0.4, -0.2) is 32.6 Å². The number of fused-ring (bicyclic) bond motifs is 1. The van der Waals surface area contributed by atoms with Crippen LogP contribution in [0, 0.1) is 5.92 Å². The Bertz CT molecular complexity index is 757. The molecule has 0 aliphatic heterocycles. The van der Waals surface area contributed by atoms with Crippen LogP contribution in [-0.2, 0) is 11.8 Å². The number of rotatable bonds is 4. The number of aromatic nitrogens is 2. The quantitative estimate of drug-likeness (QED) is 0.771. The first-order valence-corrected chi connectivity index (χ1v) is 6.53. The number of aliphatic carboxylic acids is 1. The molecule has 1 aromatic carbocycles. The van der Waals surface area contributed by atoms with Gasteiger partial charge in [-0.3, -0.25) is 9.36 Å². The van der Waals surface area contributed by atoms with Gasteiger partial charge in [0, 0.05) is 12.6 Å². The van der Waals surface area contributed by atoms with Gasteiger partial charge in [-0.1, -0.05) is 13.8 Å². The van der Waals surface area contributed by atoms with Crippen LogP contribution in [0.25, 0.3) is 11.0 Å². The van der Waals surface area contributed by atoms with Gasteiger partial charge in [0.1, 0.15) is 6.04 Å². The van der Waals surface area contributed by atoms with Crippen LogP contribution in [0.3, 0.4) is 0 Å². The summed E-state index contributed by atoms with van der Waals surface area (Å²) in [5, 5.41) is 11.6. The molecule has 0 bridgehead atoms. The lowest BCUT2D eigenvalue weighted by Crippen LogP contribution is -2.44. The average molecular weight is 291 g/mol. The molecule has 21 heavy (non-hydrogen) atoms. The molecule has 3 N–H and O–H groups in total. The molecule has 0 radical (unpaired) electrons. The molecule has 7 nitrogen and oxygen atoms in total. The van der Waals surface area contributed by atoms with Gasteiger partial charge in [-0.15, -0.1) is 0 Å². The number of imidazole rings is 1. The summed E-state index contributed by atoms with van der Waals surface area (Å²) < 4.78 is 1.39. The smallest absolute Gasteiger partial charge is 0.326 e. The molecule has 0 aliphatic carbocycles. The molecule has 0 unspecified atom stereocenters. The molecule has 2 aromatic rings. The SMILES string of the molecule is CC(C)[C@@H](NC(=O)c1ccc2[nH]c(=O)n(C)c2c1)C(=O)O. The van der Waals surface area contributed by atoms with E-state index in [1.165, 1.54) is 4.57 Å². The van der Waals surface area contributed by atoms with Gasteiger partial charge in [-0.05, 0) is 24.1 Å². The maximum Gasteiger partial charge on any atom is 0.326 e. The maximum atomic E-state index is 12.2. The summed E-state index contributed by atoms with van der Waals surface area (Å²) in [4.78, 5) is 37.4. The number of carboxylic acid groups (broad SMARTS) is 1. The molecule has 7 heteroatoms. The van der Waals surface area contributed by atoms with E-state index in [0.717, 1.165) is 0 Å². The van der Waals surface area contributed by atoms with E-state index < -0.39 is 17.9 Å². The Morgan fingerprint density at radius 3 is 2.57 bits per heavy atom. The molecular weight excluding hydrogens is 274 g/mol. The number of carbonyl (C=O) groups is 2. The van der Waals surface area contributed by atoms with Crippen LogP contribution < -0.4 is 11.0 Å². The fourth-order valence-corrected chi connectivity index (χ4v) is 2.10. The highest BCUT2D eigenvalue weighted by Gasteiger charge is 2.24. The van der Waals surface area contributed by atoms with Crippen molar-refractivity contribution < 1.29 is 14.7 Å². The number of hydrogen-bond donors (Lipinski definition) is 3. The van der Waals surface area contributed by atoms with E-state index >= 15 is 0 Å². The Morgan fingerprint density at radius 1 is 1.33 bits per heavy atom. The number of benzene rings is 1. The van der Waals surface area contributed by atoms with E-state index in [-0.39, 0.29) is 11.6 Å². The molecular formula is C14H17N3O4. The van der Waals surface area contributed by atoms with Crippen molar-refractivity contribution >= 4 is 22.9 Å². The highest BCUT2D eigenvalue weighted by Crippen LogP contribution is 2.13. The lowest BCUT2D eigenvalue weighted by molar-refractivity contribution is -0.140. The molecule has 0 spiro atoms. The molecule has 0 aliphatic rings. The number of aryl methyl sites for hydroxylation is 1. The molecule has 1 aromatic heterocycles. The zero-order valence-electron chi connectivity index (χ0n) is 12.0. The van der Waals surface area contributed by atoms with Crippen LogP contribution in [0.4, 0.5) is 0 Å². The second-order valence-electron chi connectivity index (χ2n) is 5.25. The van der Waals surface area contributed by atoms with Crippen molar-refractivity contribution in [1.29, 1.82) is 0 Å². The summed E-state index contributed by atoms with van der Waals surface area (Å²) in [6.45, 7) is 3.44. The molecule has 2 rings (SSSR count). The predicted molar refractivity (Wildman–Crippen MR) is 77.3 cm³/mol. The first-order chi connectivity index (χ1) is 9.81. The molecule has 1 amide bonds. The number of carbonyl (C=O) groups excluding carboxylic acids is 1. The summed E-state index contributed by atoms with van der Waals surface area (Å²) >= 11 is 0. The first kappa shape index (κ1) is 14.8. The third kappa shape index (κ3) is 2.81. The minimum atomic E-state index is -1.08. The second-order valence-corrected chi connectivity index (χ2v) is 5.25. The number of nitrogens with zero attached hydrogens (tertiary/aromatic N) is 1. The van der Waals surface area contributed by atoms with Gasteiger partial charge in [-0.25, -0.2) is 9.59 Å². The summed E-state index contributed by atoms with van der Waals surface area (Å²) in [5.41, 5.74) is 1.25. The van der Waals surface area contributed by atoms with Crippen molar-refractivity contribution in [2.45, 2.75) is 19.9 Å². The predicted octanol–water partition coefficient (Wildman–Crippen LogP) is 0.706. The fraction of sp³-hybridized carbons (Fsp3) is 0.357. The second kappa shape index (κ2) is 5.43. The fourth-order valence-electron chi connectivity index (χ4n) is 2.10. The van der Waals surface area contributed by atoms with Gasteiger partial charge < -0.3 is 15.4 Å². The highest BCUT2D eigenvalue weighted by atomic mass is 16.4. The van der Waals surface area contributed by atoms with Crippen molar-refractivity contribution in [2.75, 3.05) is 0 Å². The summed E-state index contributed by atoms with van der Waals surface area (Å²) in [6.07, 6.45) is 0. The number of aromatic amines is 1. The van der Waals surface area contributed by atoms with E-state index in [2.05, 4.69) is 10.3 Å².